The molecule has 0 aromatic heterocycles. The highest BCUT2D eigenvalue weighted by atomic mass is 35.5. The van der Waals surface area contributed by atoms with E-state index in [1.807, 2.05) is 25.7 Å². The lowest BCUT2D eigenvalue weighted by molar-refractivity contribution is 0.253. The molecule has 2 amide bonds. The van der Waals surface area contributed by atoms with Crippen LogP contribution in [0.25, 0.3) is 0 Å². The molecule has 1 aromatic rings. The first-order valence-electron chi connectivity index (χ1n) is 4.79. The van der Waals surface area contributed by atoms with E-state index in [0.717, 1.165) is 6.04 Å². The smallest absolute Gasteiger partial charge is 0.319 e. The molecule has 0 unspecified atom stereocenters. The van der Waals surface area contributed by atoms with Crippen LogP contribution in [0.5, 0.6) is 0 Å². The number of benzene rings is 1. The summed E-state index contributed by atoms with van der Waals surface area (Å²) in [6.45, 7) is 0. The molecule has 2 N–H and O–H groups in total. The Morgan fingerprint density at radius 2 is 1.88 bits per heavy atom. The maximum atomic E-state index is 11.5. The first-order chi connectivity index (χ1) is 7.74. The van der Waals surface area contributed by atoms with Gasteiger partial charge >= 0.3 is 6.03 Å². The van der Waals surface area contributed by atoms with Crippen LogP contribution >= 0.6 is 11.6 Å². The Balaban J connectivity index is 1.86. The molecule has 0 spiro atoms. The van der Waals surface area contributed by atoms with Crippen LogP contribution in [0.3, 0.4) is 0 Å². The van der Waals surface area contributed by atoms with Crippen LogP contribution in [0.4, 0.5) is 10.5 Å². The fourth-order valence-electron chi connectivity index (χ4n) is 1.32. The quantitative estimate of drug-likeness (QED) is 0.810. The van der Waals surface area contributed by atoms with Gasteiger partial charge in [-0.3, -0.25) is 0 Å². The molecule has 5 radical (unpaired) electrons. The van der Waals surface area contributed by atoms with Crippen molar-refractivity contribution >= 4 is 23.3 Å². The van der Waals surface area contributed by atoms with Crippen molar-refractivity contribution in [2.45, 2.75) is 0 Å². The van der Waals surface area contributed by atoms with Crippen LogP contribution in [0.1, 0.15) is 0 Å². The number of urea groups is 1. The summed E-state index contributed by atoms with van der Waals surface area (Å²) >= 11 is 5.80. The first-order valence-corrected chi connectivity index (χ1v) is 5.17. The minimum absolute atomic E-state index is 0.284. The SMILES string of the molecule is O=C(N[C]1[CH][CH][CH][CH]1)Nc1cccc(Cl)c1. The molecule has 0 aliphatic heterocycles. The molecule has 1 aliphatic rings. The summed E-state index contributed by atoms with van der Waals surface area (Å²) in [5.41, 5.74) is 0.663. The van der Waals surface area contributed by atoms with Crippen molar-refractivity contribution < 1.29 is 4.79 Å². The van der Waals surface area contributed by atoms with E-state index in [4.69, 9.17) is 11.6 Å². The first kappa shape index (κ1) is 11.3. The van der Waals surface area contributed by atoms with E-state index in [1.54, 1.807) is 24.3 Å². The Morgan fingerprint density at radius 3 is 2.56 bits per heavy atom. The zero-order valence-electron chi connectivity index (χ0n) is 8.41. The largest absolute Gasteiger partial charge is 0.329 e. The molecule has 0 heterocycles. The Labute approximate surface area is 100 Å². The molecule has 1 aliphatic carbocycles. The lowest BCUT2D eigenvalue weighted by Gasteiger charge is -2.11. The maximum absolute atomic E-state index is 11.5. The van der Waals surface area contributed by atoms with E-state index >= 15 is 0 Å². The van der Waals surface area contributed by atoms with Crippen molar-refractivity contribution in [3.8, 4) is 0 Å². The molecule has 1 aromatic carbocycles. The summed E-state index contributed by atoms with van der Waals surface area (Å²) in [4.78, 5) is 11.5. The maximum Gasteiger partial charge on any atom is 0.319 e. The van der Waals surface area contributed by atoms with Crippen LogP contribution in [0.15, 0.2) is 24.3 Å². The zero-order chi connectivity index (χ0) is 11.4. The number of hydrogen-bond acceptors (Lipinski definition) is 1. The van der Waals surface area contributed by atoms with Gasteiger partial charge in [0, 0.05) is 10.7 Å². The lowest BCUT2D eigenvalue weighted by atomic mass is 10.2. The predicted octanol–water partition coefficient (Wildman–Crippen LogP) is 2.82. The number of amides is 2. The van der Waals surface area contributed by atoms with E-state index < -0.39 is 0 Å². The van der Waals surface area contributed by atoms with Gasteiger partial charge in [0.15, 0.2) is 0 Å². The molecular formula is C12H10ClN2O. The highest BCUT2D eigenvalue weighted by Crippen LogP contribution is 2.20. The lowest BCUT2D eigenvalue weighted by Crippen LogP contribution is -2.31. The van der Waals surface area contributed by atoms with Crippen molar-refractivity contribution in [2.24, 2.45) is 0 Å². The molecule has 4 heteroatoms. The van der Waals surface area contributed by atoms with Crippen molar-refractivity contribution in [3.05, 3.63) is 61.0 Å². The molecule has 0 atom stereocenters. The number of anilines is 1. The molecule has 81 valence electrons. The number of halogens is 1. The second-order valence-corrected chi connectivity index (χ2v) is 3.70. The van der Waals surface area contributed by atoms with Gasteiger partial charge in [0.1, 0.15) is 0 Å². The predicted molar refractivity (Wildman–Crippen MR) is 64.0 cm³/mol. The fourth-order valence-corrected chi connectivity index (χ4v) is 1.51. The third kappa shape index (κ3) is 3.14. The van der Waals surface area contributed by atoms with Crippen LogP contribution in [-0.2, 0) is 0 Å². The Hall–Kier alpha value is -1.22. The molecule has 16 heavy (non-hydrogen) atoms. The fraction of sp³-hybridized carbons (Fsp3) is 0. The van der Waals surface area contributed by atoms with Gasteiger partial charge in [-0.1, -0.05) is 17.7 Å². The molecule has 1 saturated carbocycles. The van der Waals surface area contributed by atoms with Gasteiger partial charge in [0.25, 0.3) is 0 Å². The van der Waals surface area contributed by atoms with E-state index in [2.05, 4.69) is 10.6 Å². The number of nitrogens with one attached hydrogen (secondary N) is 2. The average Bonchev–Trinajstić information content (AvgIpc) is 2.70. The third-order valence-electron chi connectivity index (χ3n) is 2.00. The molecule has 2 rings (SSSR count). The van der Waals surface area contributed by atoms with Crippen molar-refractivity contribution in [2.75, 3.05) is 5.32 Å². The summed E-state index contributed by atoms with van der Waals surface area (Å²) in [6, 6.07) is 7.47. The molecular weight excluding hydrogens is 224 g/mol. The number of hydrogen-bond donors (Lipinski definition) is 2. The normalized spacial score (nSPS) is 16.1. The van der Waals surface area contributed by atoms with E-state index in [1.165, 1.54) is 0 Å². The van der Waals surface area contributed by atoms with Crippen LogP contribution in [-0.4, -0.2) is 6.03 Å². The number of carbonyl (C=O) groups excluding carboxylic acids is 1. The number of rotatable bonds is 2. The average molecular weight is 234 g/mol. The van der Waals surface area contributed by atoms with Gasteiger partial charge in [0.2, 0.25) is 0 Å². The summed E-state index contributed by atoms with van der Waals surface area (Å²) in [6.07, 6.45) is 7.35. The van der Waals surface area contributed by atoms with E-state index in [9.17, 15) is 4.79 Å². The molecule has 3 nitrogen and oxygen atoms in total. The second kappa shape index (κ2) is 5.21. The van der Waals surface area contributed by atoms with Crippen LogP contribution in [0, 0.1) is 31.7 Å². The Kier molecular flexibility index (Phi) is 3.67. The minimum atomic E-state index is -0.284. The highest BCUT2D eigenvalue weighted by Gasteiger charge is 2.19. The molecule has 0 bridgehead atoms. The van der Waals surface area contributed by atoms with E-state index in [0.29, 0.717) is 10.7 Å². The summed E-state index contributed by atoms with van der Waals surface area (Å²) in [5.74, 6) is 0. The number of carbonyl (C=O) groups is 1. The van der Waals surface area contributed by atoms with Gasteiger partial charge in [-0.25, -0.2) is 4.79 Å². The minimum Gasteiger partial charge on any atom is -0.329 e. The monoisotopic (exact) mass is 233 g/mol. The molecule has 0 saturated heterocycles. The second-order valence-electron chi connectivity index (χ2n) is 3.26. The van der Waals surface area contributed by atoms with Gasteiger partial charge in [-0.15, -0.1) is 0 Å². The Morgan fingerprint density at radius 1 is 1.12 bits per heavy atom. The van der Waals surface area contributed by atoms with Gasteiger partial charge in [-0.05, 0) is 43.9 Å². The van der Waals surface area contributed by atoms with Crippen LogP contribution in [0.2, 0.25) is 5.02 Å². The molecule has 1 fully saturated rings. The van der Waals surface area contributed by atoms with Gasteiger partial charge < -0.3 is 10.6 Å². The van der Waals surface area contributed by atoms with Crippen molar-refractivity contribution in [1.82, 2.24) is 5.32 Å². The third-order valence-corrected chi connectivity index (χ3v) is 2.24. The zero-order valence-corrected chi connectivity index (χ0v) is 9.16. The van der Waals surface area contributed by atoms with Crippen molar-refractivity contribution in [3.63, 3.8) is 0 Å². The highest BCUT2D eigenvalue weighted by molar-refractivity contribution is 6.30. The van der Waals surface area contributed by atoms with Gasteiger partial charge in [-0.2, -0.15) is 0 Å². The summed E-state index contributed by atoms with van der Waals surface area (Å²) in [7, 11) is 0. The van der Waals surface area contributed by atoms with E-state index in [-0.39, 0.29) is 6.03 Å². The summed E-state index contributed by atoms with van der Waals surface area (Å²) < 4.78 is 0. The Bertz CT molecular complexity index is 375. The summed E-state index contributed by atoms with van der Waals surface area (Å²) in [5, 5.41) is 5.97. The topological polar surface area (TPSA) is 41.1 Å². The van der Waals surface area contributed by atoms with Crippen LogP contribution < -0.4 is 10.6 Å². The van der Waals surface area contributed by atoms with Gasteiger partial charge in [0.05, 0.1) is 6.04 Å². The van der Waals surface area contributed by atoms with Crippen molar-refractivity contribution in [1.29, 1.82) is 0 Å². The standard InChI is InChI=1S/C12H10ClN2O/c13-9-4-3-7-11(8-9)15-12(16)14-10-5-1-2-6-10/h1-8H,(H2,14,15,16).